The Labute approximate surface area is 112 Å². The highest BCUT2D eigenvalue weighted by Crippen LogP contribution is 2.48. The SMILES string of the molecule is c1coc(C2Nc3ccccc3[C@H]3OCCC[C@@H]23)c1. The van der Waals surface area contributed by atoms with Crippen molar-refractivity contribution in [1.29, 1.82) is 0 Å². The molecule has 2 aromatic rings. The van der Waals surface area contributed by atoms with E-state index in [0.717, 1.165) is 18.8 Å². The molecule has 1 aromatic heterocycles. The maximum Gasteiger partial charge on any atom is 0.126 e. The zero-order valence-electron chi connectivity index (χ0n) is 10.7. The van der Waals surface area contributed by atoms with Crippen LogP contribution >= 0.6 is 0 Å². The summed E-state index contributed by atoms with van der Waals surface area (Å²) in [5, 5.41) is 3.62. The number of anilines is 1. The molecule has 1 unspecified atom stereocenters. The summed E-state index contributed by atoms with van der Waals surface area (Å²) < 4.78 is 11.7. The van der Waals surface area contributed by atoms with E-state index in [0.29, 0.717) is 5.92 Å². The number of rotatable bonds is 1. The number of hydrogen-bond donors (Lipinski definition) is 1. The van der Waals surface area contributed by atoms with E-state index >= 15 is 0 Å². The Hall–Kier alpha value is -1.74. The number of benzene rings is 1. The van der Waals surface area contributed by atoms with Crippen LogP contribution in [0.2, 0.25) is 0 Å². The molecule has 3 nitrogen and oxygen atoms in total. The minimum Gasteiger partial charge on any atom is -0.467 e. The third kappa shape index (κ3) is 1.77. The lowest BCUT2D eigenvalue weighted by molar-refractivity contribution is -0.0401. The monoisotopic (exact) mass is 255 g/mol. The Morgan fingerprint density at radius 3 is 2.95 bits per heavy atom. The molecule has 3 heteroatoms. The Balaban J connectivity index is 1.79. The molecule has 2 aliphatic heterocycles. The lowest BCUT2D eigenvalue weighted by Crippen LogP contribution is -2.35. The summed E-state index contributed by atoms with van der Waals surface area (Å²) in [6.45, 7) is 0.861. The zero-order valence-corrected chi connectivity index (χ0v) is 10.7. The number of fused-ring (bicyclic) bond motifs is 3. The number of hydrogen-bond acceptors (Lipinski definition) is 3. The summed E-state index contributed by atoms with van der Waals surface area (Å²) in [5.41, 5.74) is 2.46. The van der Waals surface area contributed by atoms with Gasteiger partial charge in [-0.15, -0.1) is 0 Å². The van der Waals surface area contributed by atoms with Crippen molar-refractivity contribution in [2.45, 2.75) is 25.0 Å². The second-order valence-corrected chi connectivity index (χ2v) is 5.32. The predicted octanol–water partition coefficient (Wildman–Crippen LogP) is 3.91. The van der Waals surface area contributed by atoms with Gasteiger partial charge in [-0.3, -0.25) is 0 Å². The van der Waals surface area contributed by atoms with Crippen LogP contribution in [0.4, 0.5) is 5.69 Å². The average Bonchev–Trinajstić information content (AvgIpc) is 3.00. The molecule has 2 aliphatic rings. The Bertz CT molecular complexity index is 564. The van der Waals surface area contributed by atoms with E-state index in [1.807, 2.05) is 6.07 Å². The van der Waals surface area contributed by atoms with Crippen LogP contribution in [-0.4, -0.2) is 6.61 Å². The molecule has 0 bridgehead atoms. The number of nitrogens with one attached hydrogen (secondary N) is 1. The summed E-state index contributed by atoms with van der Waals surface area (Å²) in [5.74, 6) is 1.46. The highest BCUT2D eigenvalue weighted by Gasteiger charge is 2.40. The van der Waals surface area contributed by atoms with Gasteiger partial charge < -0.3 is 14.5 Å². The number of furan rings is 1. The second kappa shape index (κ2) is 4.42. The van der Waals surface area contributed by atoms with E-state index < -0.39 is 0 Å². The largest absolute Gasteiger partial charge is 0.467 e. The topological polar surface area (TPSA) is 34.4 Å². The van der Waals surface area contributed by atoms with Crippen molar-refractivity contribution in [2.75, 3.05) is 11.9 Å². The van der Waals surface area contributed by atoms with E-state index in [9.17, 15) is 0 Å². The quantitative estimate of drug-likeness (QED) is 0.838. The Morgan fingerprint density at radius 1 is 1.11 bits per heavy atom. The molecule has 4 rings (SSSR count). The molecule has 0 radical (unpaired) electrons. The number of ether oxygens (including phenoxy) is 1. The summed E-state index contributed by atoms with van der Waals surface area (Å²) in [6.07, 6.45) is 4.25. The van der Waals surface area contributed by atoms with Gasteiger partial charge in [0.05, 0.1) is 18.4 Å². The highest BCUT2D eigenvalue weighted by molar-refractivity contribution is 5.56. The van der Waals surface area contributed by atoms with Crippen LogP contribution < -0.4 is 5.32 Å². The molecule has 0 spiro atoms. The van der Waals surface area contributed by atoms with Crippen LogP contribution in [0.1, 0.15) is 36.3 Å². The van der Waals surface area contributed by atoms with Gasteiger partial charge in [0.2, 0.25) is 0 Å². The standard InChI is InChI=1S/C16H17NO2/c1-2-7-13-11(5-1)16-12(6-3-10-19-16)15(17-13)14-8-4-9-18-14/h1-2,4-5,7-9,12,15-17H,3,6,10H2/t12-,15?,16+/m0/s1. The Kier molecular flexibility index (Phi) is 2.59. The minimum absolute atomic E-state index is 0.196. The van der Waals surface area contributed by atoms with E-state index in [1.54, 1.807) is 6.26 Å². The van der Waals surface area contributed by atoms with Crippen LogP contribution in [0.25, 0.3) is 0 Å². The molecule has 1 aromatic carbocycles. The second-order valence-electron chi connectivity index (χ2n) is 5.32. The predicted molar refractivity (Wildman–Crippen MR) is 72.9 cm³/mol. The van der Waals surface area contributed by atoms with Crippen molar-refractivity contribution in [1.82, 2.24) is 0 Å². The fraction of sp³-hybridized carbons (Fsp3) is 0.375. The van der Waals surface area contributed by atoms with Gasteiger partial charge in [-0.25, -0.2) is 0 Å². The van der Waals surface area contributed by atoms with Crippen molar-refractivity contribution < 1.29 is 9.15 Å². The maximum absolute atomic E-state index is 6.05. The lowest BCUT2D eigenvalue weighted by atomic mass is 9.79. The Morgan fingerprint density at radius 2 is 2.05 bits per heavy atom. The van der Waals surface area contributed by atoms with E-state index in [1.165, 1.54) is 17.7 Å². The molecule has 0 aliphatic carbocycles. The van der Waals surface area contributed by atoms with Gasteiger partial charge in [0, 0.05) is 23.8 Å². The first-order valence-electron chi connectivity index (χ1n) is 6.94. The summed E-state index contributed by atoms with van der Waals surface area (Å²) in [7, 11) is 0. The van der Waals surface area contributed by atoms with Crippen LogP contribution in [-0.2, 0) is 4.74 Å². The smallest absolute Gasteiger partial charge is 0.126 e. The van der Waals surface area contributed by atoms with Crippen molar-refractivity contribution >= 4 is 5.69 Å². The lowest BCUT2D eigenvalue weighted by Gasteiger charge is -2.42. The summed E-state index contributed by atoms with van der Waals surface area (Å²) >= 11 is 0. The average molecular weight is 255 g/mol. The van der Waals surface area contributed by atoms with E-state index in [-0.39, 0.29) is 12.1 Å². The molecule has 19 heavy (non-hydrogen) atoms. The fourth-order valence-corrected chi connectivity index (χ4v) is 3.37. The van der Waals surface area contributed by atoms with E-state index in [2.05, 4.69) is 35.6 Å². The molecular formula is C16H17NO2. The zero-order chi connectivity index (χ0) is 12.7. The van der Waals surface area contributed by atoms with Crippen molar-refractivity contribution in [3.8, 4) is 0 Å². The van der Waals surface area contributed by atoms with Crippen molar-refractivity contribution in [2.24, 2.45) is 5.92 Å². The minimum atomic E-state index is 0.196. The first-order chi connectivity index (χ1) is 9.43. The molecule has 3 atom stereocenters. The first kappa shape index (κ1) is 11.1. The van der Waals surface area contributed by atoms with Gasteiger partial charge in [-0.05, 0) is 31.0 Å². The first-order valence-corrected chi connectivity index (χ1v) is 6.94. The number of para-hydroxylation sites is 1. The molecule has 1 fully saturated rings. The van der Waals surface area contributed by atoms with Crippen LogP contribution in [0.15, 0.2) is 47.1 Å². The maximum atomic E-state index is 6.05. The molecule has 0 amide bonds. The molecule has 98 valence electrons. The van der Waals surface area contributed by atoms with Crippen molar-refractivity contribution in [3.63, 3.8) is 0 Å². The highest BCUT2D eigenvalue weighted by atomic mass is 16.5. The van der Waals surface area contributed by atoms with Crippen LogP contribution in [0, 0.1) is 5.92 Å². The normalized spacial score (nSPS) is 29.2. The van der Waals surface area contributed by atoms with Gasteiger partial charge in [0.25, 0.3) is 0 Å². The molecule has 1 saturated heterocycles. The van der Waals surface area contributed by atoms with Gasteiger partial charge in [-0.2, -0.15) is 0 Å². The molecular weight excluding hydrogens is 238 g/mol. The molecule has 3 heterocycles. The van der Waals surface area contributed by atoms with Gasteiger partial charge in [0.1, 0.15) is 5.76 Å². The molecule has 1 N–H and O–H groups in total. The van der Waals surface area contributed by atoms with Crippen LogP contribution in [0.5, 0.6) is 0 Å². The third-order valence-corrected chi connectivity index (χ3v) is 4.22. The van der Waals surface area contributed by atoms with Gasteiger partial charge >= 0.3 is 0 Å². The van der Waals surface area contributed by atoms with Crippen molar-refractivity contribution in [3.05, 3.63) is 54.0 Å². The van der Waals surface area contributed by atoms with Gasteiger partial charge in [0.15, 0.2) is 0 Å². The summed E-state index contributed by atoms with van der Waals surface area (Å²) in [6, 6.07) is 12.7. The van der Waals surface area contributed by atoms with Gasteiger partial charge in [-0.1, -0.05) is 18.2 Å². The van der Waals surface area contributed by atoms with Crippen LogP contribution in [0.3, 0.4) is 0 Å². The fourth-order valence-electron chi connectivity index (χ4n) is 3.37. The molecule has 0 saturated carbocycles. The van der Waals surface area contributed by atoms with E-state index in [4.69, 9.17) is 9.15 Å². The third-order valence-electron chi connectivity index (χ3n) is 4.22. The summed E-state index contributed by atoms with van der Waals surface area (Å²) in [4.78, 5) is 0.